The van der Waals surface area contributed by atoms with Crippen LogP contribution < -0.4 is 14.8 Å². The average molecular weight is 499 g/mol. The molecule has 5 aromatic rings. The number of nitrogens with zero attached hydrogens (tertiary/aromatic N) is 6. The van der Waals surface area contributed by atoms with Gasteiger partial charge in [-0.1, -0.05) is 5.16 Å². The van der Waals surface area contributed by atoms with E-state index in [1.165, 1.54) is 48.8 Å². The number of imidazole rings is 1. The van der Waals surface area contributed by atoms with E-state index in [2.05, 4.69) is 30.3 Å². The lowest BCUT2D eigenvalue weighted by Crippen LogP contribution is -2.13. The van der Waals surface area contributed by atoms with Gasteiger partial charge >= 0.3 is 0 Å². The maximum absolute atomic E-state index is 15.1. The lowest BCUT2D eigenvalue weighted by atomic mass is 10.1. The van der Waals surface area contributed by atoms with Crippen molar-refractivity contribution in [2.45, 2.75) is 4.90 Å². The SMILES string of the molecule is CNc1nc(-c2ccon2)cn2c(-c3cc(F)c(OC)c(NS(=O)(=O)c4cnn(C)c4)c3)cnc12. The minimum absolute atomic E-state index is 0.0790. The van der Waals surface area contributed by atoms with Crippen molar-refractivity contribution in [1.82, 2.24) is 29.3 Å². The first-order valence-corrected chi connectivity index (χ1v) is 11.6. The van der Waals surface area contributed by atoms with E-state index in [4.69, 9.17) is 9.26 Å². The summed E-state index contributed by atoms with van der Waals surface area (Å²) in [6, 6.07) is 4.36. The van der Waals surface area contributed by atoms with E-state index in [1.807, 2.05) is 0 Å². The highest BCUT2D eigenvalue weighted by atomic mass is 32.2. The van der Waals surface area contributed by atoms with Crippen LogP contribution in [-0.4, -0.2) is 51.9 Å². The van der Waals surface area contributed by atoms with E-state index in [0.717, 1.165) is 0 Å². The number of sulfonamides is 1. The van der Waals surface area contributed by atoms with Crippen LogP contribution in [0.4, 0.5) is 15.9 Å². The van der Waals surface area contributed by atoms with Gasteiger partial charge in [0.05, 0.1) is 30.9 Å². The molecule has 0 saturated carbocycles. The fourth-order valence-electron chi connectivity index (χ4n) is 3.60. The standard InChI is InChI=1S/C21H19FN8O4S/c1-23-20-21-24-9-18(30(21)11-17(26-20)15-4-5-34-27-15)12-6-14(22)19(33-3)16(7-12)28-35(31,32)13-8-25-29(2)10-13/h4-11,28H,1-3H3,(H,23,26). The summed E-state index contributed by atoms with van der Waals surface area (Å²) in [4.78, 5) is 8.83. The van der Waals surface area contributed by atoms with Crippen LogP contribution in [0.15, 0.2) is 58.7 Å². The van der Waals surface area contributed by atoms with Gasteiger partial charge < -0.3 is 14.6 Å². The summed E-state index contributed by atoms with van der Waals surface area (Å²) < 4.78 is 56.3. The first-order valence-electron chi connectivity index (χ1n) is 10.2. The normalized spacial score (nSPS) is 11.7. The summed E-state index contributed by atoms with van der Waals surface area (Å²) in [5, 5.41) is 10.8. The number of aromatic nitrogens is 6. The molecule has 0 radical (unpaired) electrons. The van der Waals surface area contributed by atoms with E-state index in [0.29, 0.717) is 34.1 Å². The molecule has 4 heterocycles. The summed E-state index contributed by atoms with van der Waals surface area (Å²) >= 11 is 0. The number of anilines is 2. The van der Waals surface area contributed by atoms with E-state index in [-0.39, 0.29) is 16.3 Å². The zero-order valence-corrected chi connectivity index (χ0v) is 19.5. The zero-order chi connectivity index (χ0) is 24.7. The van der Waals surface area contributed by atoms with Gasteiger partial charge in [-0.15, -0.1) is 0 Å². The Hall–Kier alpha value is -4.46. The highest BCUT2D eigenvalue weighted by molar-refractivity contribution is 7.92. The maximum Gasteiger partial charge on any atom is 0.265 e. The van der Waals surface area contributed by atoms with Gasteiger partial charge in [0.1, 0.15) is 22.5 Å². The van der Waals surface area contributed by atoms with Gasteiger partial charge in [-0.3, -0.25) is 13.8 Å². The van der Waals surface area contributed by atoms with Gasteiger partial charge in [0.15, 0.2) is 23.0 Å². The molecule has 180 valence electrons. The molecule has 0 unspecified atom stereocenters. The monoisotopic (exact) mass is 498 g/mol. The molecule has 12 nitrogen and oxygen atoms in total. The first-order chi connectivity index (χ1) is 16.8. The molecule has 1 aromatic carbocycles. The Bertz CT molecular complexity index is 1640. The average Bonchev–Trinajstić information content (AvgIpc) is 3.58. The van der Waals surface area contributed by atoms with Gasteiger partial charge in [0, 0.05) is 38.1 Å². The molecule has 14 heteroatoms. The molecule has 0 spiro atoms. The number of fused-ring (bicyclic) bond motifs is 1. The highest BCUT2D eigenvalue weighted by Gasteiger charge is 2.23. The van der Waals surface area contributed by atoms with E-state index in [9.17, 15) is 8.42 Å². The Balaban J connectivity index is 1.66. The number of ether oxygens (including phenoxy) is 1. The van der Waals surface area contributed by atoms with Crippen molar-refractivity contribution in [1.29, 1.82) is 0 Å². The van der Waals surface area contributed by atoms with Crippen LogP contribution in [-0.2, 0) is 17.1 Å². The van der Waals surface area contributed by atoms with Crippen molar-refractivity contribution < 1.29 is 22.1 Å². The molecule has 0 aliphatic rings. The number of rotatable bonds is 7. The summed E-state index contributed by atoms with van der Waals surface area (Å²) in [6.45, 7) is 0. The number of aryl methyl sites for hydroxylation is 1. The fraction of sp³-hybridized carbons (Fsp3) is 0.143. The van der Waals surface area contributed by atoms with Crippen LogP contribution in [0.25, 0.3) is 28.3 Å². The summed E-state index contributed by atoms with van der Waals surface area (Å²) in [5.41, 5.74) is 2.20. The van der Waals surface area contributed by atoms with Crippen LogP contribution in [0.3, 0.4) is 0 Å². The lowest BCUT2D eigenvalue weighted by Gasteiger charge is -2.14. The minimum atomic E-state index is -4.06. The quantitative estimate of drug-likeness (QED) is 0.346. The van der Waals surface area contributed by atoms with Crippen molar-refractivity contribution in [3.05, 3.63) is 55.1 Å². The number of hydrogen-bond donors (Lipinski definition) is 2. The van der Waals surface area contributed by atoms with Gasteiger partial charge in [-0.2, -0.15) is 5.10 Å². The number of hydrogen-bond acceptors (Lipinski definition) is 9. The second kappa shape index (κ2) is 8.39. The first kappa shape index (κ1) is 22.3. The Labute approximate surface area is 198 Å². The molecular weight excluding hydrogens is 479 g/mol. The number of methoxy groups -OCH3 is 1. The third kappa shape index (κ3) is 3.93. The molecule has 0 atom stereocenters. The molecule has 2 N–H and O–H groups in total. The molecule has 5 rings (SSSR count). The Morgan fingerprint density at radius 2 is 2.00 bits per heavy atom. The highest BCUT2D eigenvalue weighted by Crippen LogP contribution is 2.36. The third-order valence-electron chi connectivity index (χ3n) is 5.21. The molecule has 0 aliphatic carbocycles. The second-order valence-electron chi connectivity index (χ2n) is 7.44. The Morgan fingerprint density at radius 3 is 2.66 bits per heavy atom. The lowest BCUT2D eigenvalue weighted by molar-refractivity contribution is 0.389. The van der Waals surface area contributed by atoms with Crippen molar-refractivity contribution in [2.75, 3.05) is 24.2 Å². The van der Waals surface area contributed by atoms with E-state index in [1.54, 1.807) is 30.8 Å². The van der Waals surface area contributed by atoms with Crippen LogP contribution in [0.5, 0.6) is 5.75 Å². The topological polar surface area (TPSA) is 141 Å². The van der Waals surface area contributed by atoms with Gasteiger partial charge in [0.2, 0.25) is 0 Å². The van der Waals surface area contributed by atoms with Crippen LogP contribution in [0.1, 0.15) is 0 Å². The van der Waals surface area contributed by atoms with Gasteiger partial charge in [0.25, 0.3) is 10.0 Å². The molecule has 0 amide bonds. The van der Waals surface area contributed by atoms with Crippen LogP contribution in [0, 0.1) is 5.82 Å². The number of halogens is 1. The van der Waals surface area contributed by atoms with E-state index < -0.39 is 15.8 Å². The predicted octanol–water partition coefficient (Wildman–Crippen LogP) is 2.78. The summed E-state index contributed by atoms with van der Waals surface area (Å²) in [6.07, 6.45) is 7.16. The largest absolute Gasteiger partial charge is 0.492 e. The Morgan fingerprint density at radius 1 is 1.17 bits per heavy atom. The van der Waals surface area contributed by atoms with E-state index >= 15 is 4.39 Å². The zero-order valence-electron chi connectivity index (χ0n) is 18.7. The van der Waals surface area contributed by atoms with Gasteiger partial charge in [-0.05, 0) is 12.1 Å². The number of benzene rings is 1. The predicted molar refractivity (Wildman–Crippen MR) is 124 cm³/mol. The van der Waals surface area contributed by atoms with Crippen LogP contribution >= 0.6 is 0 Å². The number of nitrogens with one attached hydrogen (secondary N) is 2. The molecule has 0 fully saturated rings. The van der Waals surface area contributed by atoms with Crippen molar-refractivity contribution in [3.8, 4) is 28.4 Å². The fourth-order valence-corrected chi connectivity index (χ4v) is 4.64. The smallest absolute Gasteiger partial charge is 0.265 e. The van der Waals surface area contributed by atoms with Crippen molar-refractivity contribution in [2.24, 2.45) is 7.05 Å². The van der Waals surface area contributed by atoms with Gasteiger partial charge in [-0.25, -0.2) is 22.8 Å². The molecule has 0 saturated heterocycles. The molecule has 0 bridgehead atoms. The molecular formula is C21H19FN8O4S. The van der Waals surface area contributed by atoms with Crippen molar-refractivity contribution >= 4 is 27.2 Å². The maximum atomic E-state index is 15.1. The van der Waals surface area contributed by atoms with Crippen molar-refractivity contribution in [3.63, 3.8) is 0 Å². The van der Waals surface area contributed by atoms with Crippen LogP contribution in [0.2, 0.25) is 0 Å². The molecule has 35 heavy (non-hydrogen) atoms. The summed E-state index contributed by atoms with van der Waals surface area (Å²) in [5.74, 6) is -0.553. The molecule has 0 aliphatic heterocycles. The molecule has 4 aromatic heterocycles. The second-order valence-corrected chi connectivity index (χ2v) is 9.12. The Kier molecular flexibility index (Phi) is 5.36. The summed E-state index contributed by atoms with van der Waals surface area (Å²) in [7, 11) is 0.481. The third-order valence-corrected chi connectivity index (χ3v) is 6.53. The minimum Gasteiger partial charge on any atom is -0.492 e.